The van der Waals surface area contributed by atoms with Crippen LogP contribution in [0.2, 0.25) is 0 Å². The molecule has 4 rings (SSSR count). The molecule has 1 atom stereocenters. The van der Waals surface area contributed by atoms with Gasteiger partial charge in [-0.2, -0.15) is 0 Å². The molecule has 2 heterocycles. The summed E-state index contributed by atoms with van der Waals surface area (Å²) < 4.78 is 11.6. The van der Waals surface area contributed by atoms with E-state index in [4.69, 9.17) is 9.15 Å². The number of carbonyl (C=O) groups is 2. The van der Waals surface area contributed by atoms with Crippen molar-refractivity contribution in [3.05, 3.63) is 95.0 Å². The number of furan rings is 1. The lowest BCUT2D eigenvalue weighted by Gasteiger charge is -2.23. The van der Waals surface area contributed by atoms with Crippen molar-refractivity contribution in [2.75, 3.05) is 6.61 Å². The highest BCUT2D eigenvalue weighted by atomic mass is 16.5. The highest BCUT2D eigenvalue weighted by molar-refractivity contribution is 6.46. The summed E-state index contributed by atoms with van der Waals surface area (Å²) >= 11 is 0. The number of nitrogens with zero attached hydrogens (tertiary/aromatic N) is 1. The number of hydrogen-bond donors (Lipinski definition) is 1. The molecule has 33 heavy (non-hydrogen) atoms. The summed E-state index contributed by atoms with van der Waals surface area (Å²) in [6.07, 6.45) is 1.92. The third-order valence-electron chi connectivity index (χ3n) is 5.64. The van der Waals surface area contributed by atoms with Crippen LogP contribution in [0.15, 0.2) is 76.7 Å². The molecule has 0 spiro atoms. The van der Waals surface area contributed by atoms with Gasteiger partial charge in [-0.3, -0.25) is 9.59 Å². The molecule has 1 saturated heterocycles. The van der Waals surface area contributed by atoms with Gasteiger partial charge < -0.3 is 19.2 Å². The van der Waals surface area contributed by atoms with Crippen molar-refractivity contribution in [1.29, 1.82) is 0 Å². The second-order valence-electron chi connectivity index (χ2n) is 8.09. The van der Waals surface area contributed by atoms with Crippen LogP contribution in [0.3, 0.4) is 0 Å². The van der Waals surface area contributed by atoms with Crippen molar-refractivity contribution >= 4 is 17.4 Å². The van der Waals surface area contributed by atoms with E-state index in [-0.39, 0.29) is 17.9 Å². The molecule has 1 fully saturated rings. The number of aryl methyl sites for hydroxylation is 1. The van der Waals surface area contributed by atoms with Gasteiger partial charge in [0.2, 0.25) is 0 Å². The van der Waals surface area contributed by atoms with E-state index in [9.17, 15) is 14.7 Å². The van der Waals surface area contributed by atoms with E-state index in [1.165, 1.54) is 4.90 Å². The number of hydrogen-bond acceptors (Lipinski definition) is 5. The van der Waals surface area contributed by atoms with Crippen LogP contribution in [0.4, 0.5) is 0 Å². The molecule has 170 valence electrons. The first kappa shape index (κ1) is 22.4. The molecule has 2 aromatic carbocycles. The SMILES string of the molecule is CCCCOc1cccc(/C(O)=C2\C(=O)C(=O)N(Cc3ccccc3)C2c2ccc(C)o2)c1. The van der Waals surface area contributed by atoms with Crippen molar-refractivity contribution < 1.29 is 23.8 Å². The van der Waals surface area contributed by atoms with Crippen molar-refractivity contribution in [2.45, 2.75) is 39.3 Å². The second kappa shape index (κ2) is 9.77. The predicted octanol–water partition coefficient (Wildman–Crippen LogP) is 5.39. The number of ketones is 1. The van der Waals surface area contributed by atoms with Gasteiger partial charge in [-0.25, -0.2) is 0 Å². The van der Waals surface area contributed by atoms with Crippen LogP contribution in [-0.4, -0.2) is 28.3 Å². The molecule has 1 unspecified atom stereocenters. The number of carbonyl (C=O) groups excluding carboxylic acids is 2. The summed E-state index contributed by atoms with van der Waals surface area (Å²) in [5.41, 5.74) is 1.30. The van der Waals surface area contributed by atoms with E-state index in [1.54, 1.807) is 43.3 Å². The van der Waals surface area contributed by atoms with Crippen LogP contribution in [0, 0.1) is 6.92 Å². The lowest BCUT2D eigenvalue weighted by atomic mass is 9.99. The summed E-state index contributed by atoms with van der Waals surface area (Å²) in [7, 11) is 0. The molecular formula is C27H27NO5. The number of rotatable bonds is 8. The summed E-state index contributed by atoms with van der Waals surface area (Å²) in [6.45, 7) is 4.65. The first-order valence-corrected chi connectivity index (χ1v) is 11.1. The van der Waals surface area contributed by atoms with Gasteiger partial charge >= 0.3 is 0 Å². The number of ether oxygens (including phenoxy) is 1. The Balaban J connectivity index is 1.76. The van der Waals surface area contributed by atoms with Crippen LogP contribution in [-0.2, 0) is 16.1 Å². The van der Waals surface area contributed by atoms with Crippen LogP contribution < -0.4 is 4.74 Å². The monoisotopic (exact) mass is 445 g/mol. The van der Waals surface area contributed by atoms with Crippen LogP contribution in [0.1, 0.15) is 48.5 Å². The third kappa shape index (κ3) is 4.70. The van der Waals surface area contributed by atoms with E-state index in [1.807, 2.05) is 30.3 Å². The molecule has 0 aliphatic carbocycles. The van der Waals surface area contributed by atoms with Gasteiger partial charge in [0.1, 0.15) is 29.1 Å². The fourth-order valence-corrected chi connectivity index (χ4v) is 3.94. The van der Waals surface area contributed by atoms with Crippen LogP contribution >= 0.6 is 0 Å². The fourth-order valence-electron chi connectivity index (χ4n) is 3.94. The molecule has 0 radical (unpaired) electrons. The Morgan fingerprint density at radius 1 is 1.06 bits per heavy atom. The molecule has 0 saturated carbocycles. The Bertz CT molecular complexity index is 1180. The highest BCUT2D eigenvalue weighted by Crippen LogP contribution is 2.41. The predicted molar refractivity (Wildman–Crippen MR) is 125 cm³/mol. The Hall–Kier alpha value is -3.80. The zero-order chi connectivity index (χ0) is 23.4. The average molecular weight is 446 g/mol. The van der Waals surface area contributed by atoms with E-state index in [0.29, 0.717) is 29.4 Å². The fraction of sp³-hybridized carbons (Fsp3) is 0.259. The lowest BCUT2D eigenvalue weighted by molar-refractivity contribution is -0.140. The maximum atomic E-state index is 13.1. The molecule has 1 aromatic heterocycles. The molecule has 3 aromatic rings. The number of aliphatic hydroxyl groups is 1. The Morgan fingerprint density at radius 3 is 2.55 bits per heavy atom. The van der Waals surface area contributed by atoms with Gasteiger partial charge in [0.05, 0.1) is 12.2 Å². The molecule has 1 aliphatic rings. The Labute approximate surface area is 193 Å². The number of likely N-dealkylation sites (tertiary alicyclic amines) is 1. The first-order valence-electron chi connectivity index (χ1n) is 11.1. The van der Waals surface area contributed by atoms with Crippen molar-refractivity contribution in [2.24, 2.45) is 0 Å². The maximum Gasteiger partial charge on any atom is 0.296 e. The summed E-state index contributed by atoms with van der Waals surface area (Å²) in [5, 5.41) is 11.2. The zero-order valence-corrected chi connectivity index (χ0v) is 18.8. The molecular weight excluding hydrogens is 418 g/mol. The minimum atomic E-state index is -0.830. The van der Waals surface area contributed by atoms with Crippen LogP contribution in [0.25, 0.3) is 5.76 Å². The number of benzene rings is 2. The number of aliphatic hydroxyl groups excluding tert-OH is 1. The van der Waals surface area contributed by atoms with Crippen molar-refractivity contribution in [3.63, 3.8) is 0 Å². The maximum absolute atomic E-state index is 13.1. The third-order valence-corrected chi connectivity index (χ3v) is 5.64. The zero-order valence-electron chi connectivity index (χ0n) is 18.8. The van der Waals surface area contributed by atoms with E-state index < -0.39 is 17.7 Å². The van der Waals surface area contributed by atoms with Crippen molar-refractivity contribution in [3.8, 4) is 5.75 Å². The summed E-state index contributed by atoms with van der Waals surface area (Å²) in [4.78, 5) is 27.6. The standard InChI is InChI=1S/C27H27NO5/c1-3-4-15-32-21-12-8-11-20(16-21)25(29)23-24(22-14-13-18(2)33-22)28(27(31)26(23)30)17-19-9-6-5-7-10-19/h5-14,16,24,29H,3-4,15,17H2,1-2H3/b25-23+. The lowest BCUT2D eigenvalue weighted by Crippen LogP contribution is -2.29. The molecule has 1 N–H and O–H groups in total. The first-order chi connectivity index (χ1) is 16.0. The Kier molecular flexibility index (Phi) is 6.63. The van der Waals surface area contributed by atoms with Gasteiger partial charge in [0.15, 0.2) is 0 Å². The molecule has 6 heteroatoms. The molecule has 1 aliphatic heterocycles. The van der Waals surface area contributed by atoms with Gasteiger partial charge in [-0.1, -0.05) is 55.8 Å². The normalized spacial score (nSPS) is 17.5. The van der Waals surface area contributed by atoms with E-state index >= 15 is 0 Å². The molecule has 1 amide bonds. The van der Waals surface area contributed by atoms with Gasteiger partial charge in [0, 0.05) is 12.1 Å². The second-order valence-corrected chi connectivity index (χ2v) is 8.09. The minimum absolute atomic E-state index is 0.0102. The molecule has 0 bridgehead atoms. The van der Waals surface area contributed by atoms with E-state index in [0.717, 1.165) is 18.4 Å². The van der Waals surface area contributed by atoms with Crippen LogP contribution in [0.5, 0.6) is 5.75 Å². The average Bonchev–Trinajstić information content (AvgIpc) is 3.36. The van der Waals surface area contributed by atoms with Gasteiger partial charge in [-0.05, 0) is 43.2 Å². The smallest absolute Gasteiger partial charge is 0.296 e. The topological polar surface area (TPSA) is 80.0 Å². The number of Topliss-reactive ketones (excluding diaryl/α,β-unsaturated/α-hetero) is 1. The van der Waals surface area contributed by atoms with E-state index in [2.05, 4.69) is 6.92 Å². The minimum Gasteiger partial charge on any atom is -0.507 e. The Morgan fingerprint density at radius 2 is 1.85 bits per heavy atom. The summed E-state index contributed by atoms with van der Waals surface area (Å²) in [6, 6.07) is 19.0. The van der Waals surface area contributed by atoms with Gasteiger partial charge in [0.25, 0.3) is 11.7 Å². The number of unbranched alkanes of at least 4 members (excludes halogenated alkanes) is 1. The quantitative estimate of drug-likeness (QED) is 0.218. The highest BCUT2D eigenvalue weighted by Gasteiger charge is 2.47. The molecule has 6 nitrogen and oxygen atoms in total. The number of amides is 1. The van der Waals surface area contributed by atoms with Crippen molar-refractivity contribution in [1.82, 2.24) is 4.90 Å². The summed E-state index contributed by atoms with van der Waals surface area (Å²) in [5.74, 6) is 0.0241. The van der Waals surface area contributed by atoms with Gasteiger partial charge in [-0.15, -0.1) is 0 Å². The largest absolute Gasteiger partial charge is 0.507 e.